The molecule has 0 heterocycles. The van der Waals surface area contributed by atoms with Gasteiger partial charge in [0.05, 0.1) is 6.10 Å². The number of aryl methyl sites for hydroxylation is 1. The van der Waals surface area contributed by atoms with E-state index in [1.165, 1.54) is 0 Å². The van der Waals surface area contributed by atoms with Crippen LogP contribution in [0.2, 0.25) is 10.0 Å². The average molecular weight is 327 g/mol. The Balaban J connectivity index is 1.89. The van der Waals surface area contributed by atoms with Crippen molar-refractivity contribution in [1.82, 2.24) is 0 Å². The van der Waals surface area contributed by atoms with Gasteiger partial charge in [-0.15, -0.1) is 11.8 Å². The topological polar surface area (TPSA) is 20.2 Å². The summed E-state index contributed by atoms with van der Waals surface area (Å²) in [5.41, 5.74) is 2.12. The zero-order valence-corrected chi connectivity index (χ0v) is 13.5. The Hall–Kier alpha value is -0.670. The van der Waals surface area contributed by atoms with Crippen molar-refractivity contribution in [2.75, 3.05) is 5.75 Å². The second-order valence-corrected chi connectivity index (χ2v) is 6.65. The number of hydrogen-bond donors (Lipinski definition) is 1. The fourth-order valence-corrected chi connectivity index (χ4v) is 3.12. The van der Waals surface area contributed by atoms with Gasteiger partial charge >= 0.3 is 0 Å². The van der Waals surface area contributed by atoms with Crippen molar-refractivity contribution < 1.29 is 5.11 Å². The third kappa shape index (κ3) is 4.71. The van der Waals surface area contributed by atoms with Gasteiger partial charge in [-0.1, -0.05) is 35.3 Å². The van der Waals surface area contributed by atoms with Gasteiger partial charge in [0.15, 0.2) is 0 Å². The van der Waals surface area contributed by atoms with E-state index >= 15 is 0 Å². The predicted molar refractivity (Wildman–Crippen MR) is 88.1 cm³/mol. The van der Waals surface area contributed by atoms with Crippen molar-refractivity contribution in [3.63, 3.8) is 0 Å². The molecule has 1 N–H and O–H groups in total. The summed E-state index contributed by atoms with van der Waals surface area (Å²) in [7, 11) is 0. The molecule has 0 aliphatic carbocycles. The standard InChI is InChI=1S/C16H16Cl2OS/c1-11-2-3-12(16(18)8-11)9-14(19)10-20-15-6-4-13(17)5-7-15/h2-8,14,19H,9-10H2,1H3. The first-order valence-electron chi connectivity index (χ1n) is 6.36. The lowest BCUT2D eigenvalue weighted by Crippen LogP contribution is -2.13. The van der Waals surface area contributed by atoms with Gasteiger partial charge in [-0.25, -0.2) is 0 Å². The second kappa shape index (κ2) is 7.37. The van der Waals surface area contributed by atoms with E-state index < -0.39 is 6.10 Å². The first-order valence-corrected chi connectivity index (χ1v) is 8.10. The fourth-order valence-electron chi connectivity index (χ4n) is 1.85. The Morgan fingerprint density at radius 2 is 1.80 bits per heavy atom. The largest absolute Gasteiger partial charge is 0.392 e. The van der Waals surface area contributed by atoms with Crippen molar-refractivity contribution >= 4 is 35.0 Å². The maximum atomic E-state index is 10.1. The molecule has 0 saturated carbocycles. The monoisotopic (exact) mass is 326 g/mol. The van der Waals surface area contributed by atoms with Crippen molar-refractivity contribution in [1.29, 1.82) is 0 Å². The summed E-state index contributed by atoms with van der Waals surface area (Å²) in [5, 5.41) is 11.6. The molecule has 20 heavy (non-hydrogen) atoms. The van der Waals surface area contributed by atoms with Crippen LogP contribution in [-0.2, 0) is 6.42 Å². The van der Waals surface area contributed by atoms with Gasteiger partial charge in [-0.05, 0) is 48.4 Å². The van der Waals surface area contributed by atoms with E-state index in [2.05, 4.69) is 0 Å². The third-order valence-corrected chi connectivity index (χ3v) is 4.68. The van der Waals surface area contributed by atoms with E-state index in [-0.39, 0.29) is 0 Å². The van der Waals surface area contributed by atoms with Crippen LogP contribution in [0.3, 0.4) is 0 Å². The number of benzene rings is 2. The van der Waals surface area contributed by atoms with Crippen LogP contribution in [0.1, 0.15) is 11.1 Å². The molecule has 1 unspecified atom stereocenters. The molecular weight excluding hydrogens is 311 g/mol. The number of aliphatic hydroxyl groups is 1. The maximum Gasteiger partial charge on any atom is 0.0674 e. The van der Waals surface area contributed by atoms with Gasteiger partial charge < -0.3 is 5.11 Å². The number of rotatable bonds is 5. The quantitative estimate of drug-likeness (QED) is 0.780. The van der Waals surface area contributed by atoms with Crippen LogP contribution < -0.4 is 0 Å². The molecule has 0 fully saturated rings. The smallest absolute Gasteiger partial charge is 0.0674 e. The summed E-state index contributed by atoms with van der Waals surface area (Å²) in [6, 6.07) is 13.5. The molecule has 2 aromatic rings. The van der Waals surface area contributed by atoms with Crippen LogP contribution in [0.4, 0.5) is 0 Å². The summed E-state index contributed by atoms with van der Waals surface area (Å²) in [6.07, 6.45) is 0.149. The van der Waals surface area contributed by atoms with Gasteiger partial charge in [-0.2, -0.15) is 0 Å². The second-order valence-electron chi connectivity index (χ2n) is 4.72. The van der Waals surface area contributed by atoms with E-state index in [9.17, 15) is 5.11 Å². The van der Waals surface area contributed by atoms with Crippen molar-refractivity contribution in [2.45, 2.75) is 24.3 Å². The van der Waals surface area contributed by atoms with Gasteiger partial charge in [0.25, 0.3) is 0 Å². The molecule has 0 amide bonds. The highest BCUT2D eigenvalue weighted by Crippen LogP contribution is 2.24. The molecule has 0 saturated heterocycles. The average Bonchev–Trinajstić information content (AvgIpc) is 2.41. The fraction of sp³-hybridized carbons (Fsp3) is 0.250. The summed E-state index contributed by atoms with van der Waals surface area (Å²) in [5.74, 6) is 0.631. The van der Waals surface area contributed by atoms with Gasteiger partial charge in [0.2, 0.25) is 0 Å². The Morgan fingerprint density at radius 1 is 1.10 bits per heavy atom. The van der Waals surface area contributed by atoms with Gasteiger partial charge in [0.1, 0.15) is 0 Å². The molecule has 4 heteroatoms. The van der Waals surface area contributed by atoms with Gasteiger partial charge in [-0.3, -0.25) is 0 Å². The lowest BCUT2D eigenvalue weighted by Gasteiger charge is -2.12. The Labute approximate surface area is 133 Å². The molecule has 0 radical (unpaired) electrons. The Kier molecular flexibility index (Phi) is 5.79. The SMILES string of the molecule is Cc1ccc(CC(O)CSc2ccc(Cl)cc2)c(Cl)c1. The molecule has 1 nitrogen and oxygen atoms in total. The summed E-state index contributed by atoms with van der Waals surface area (Å²) < 4.78 is 0. The summed E-state index contributed by atoms with van der Waals surface area (Å²) in [6.45, 7) is 2.00. The zero-order chi connectivity index (χ0) is 14.5. The number of aliphatic hydroxyl groups excluding tert-OH is 1. The molecule has 0 aliphatic rings. The van der Waals surface area contributed by atoms with Crippen molar-refractivity contribution in [3.8, 4) is 0 Å². The number of hydrogen-bond acceptors (Lipinski definition) is 2. The highest BCUT2D eigenvalue weighted by molar-refractivity contribution is 7.99. The van der Waals surface area contributed by atoms with E-state index in [4.69, 9.17) is 23.2 Å². The first-order chi connectivity index (χ1) is 9.54. The minimum atomic E-state index is -0.420. The molecule has 2 rings (SSSR count). The van der Waals surface area contributed by atoms with Crippen LogP contribution in [0, 0.1) is 6.92 Å². The molecule has 1 atom stereocenters. The summed E-state index contributed by atoms with van der Waals surface area (Å²) in [4.78, 5) is 1.10. The van der Waals surface area contributed by atoms with E-state index in [1.807, 2.05) is 49.4 Å². The maximum absolute atomic E-state index is 10.1. The zero-order valence-electron chi connectivity index (χ0n) is 11.1. The molecule has 106 valence electrons. The Morgan fingerprint density at radius 3 is 2.45 bits per heavy atom. The lowest BCUT2D eigenvalue weighted by atomic mass is 10.1. The van der Waals surface area contributed by atoms with Crippen LogP contribution >= 0.6 is 35.0 Å². The minimum Gasteiger partial charge on any atom is -0.392 e. The van der Waals surface area contributed by atoms with E-state index in [0.717, 1.165) is 26.1 Å². The highest BCUT2D eigenvalue weighted by Gasteiger charge is 2.09. The molecule has 0 aromatic heterocycles. The Bertz CT molecular complexity index is 569. The van der Waals surface area contributed by atoms with Crippen LogP contribution in [-0.4, -0.2) is 17.0 Å². The minimum absolute atomic E-state index is 0.420. The number of halogens is 2. The number of thioether (sulfide) groups is 1. The summed E-state index contributed by atoms with van der Waals surface area (Å²) >= 11 is 13.6. The predicted octanol–water partition coefficient (Wildman–Crippen LogP) is 5.00. The van der Waals surface area contributed by atoms with Crippen LogP contribution in [0.15, 0.2) is 47.4 Å². The lowest BCUT2D eigenvalue weighted by molar-refractivity contribution is 0.200. The van der Waals surface area contributed by atoms with Crippen molar-refractivity contribution in [2.24, 2.45) is 0 Å². The molecule has 0 spiro atoms. The van der Waals surface area contributed by atoms with Crippen LogP contribution in [0.5, 0.6) is 0 Å². The van der Waals surface area contributed by atoms with Crippen LogP contribution in [0.25, 0.3) is 0 Å². The molecule has 2 aromatic carbocycles. The van der Waals surface area contributed by atoms with Crippen molar-refractivity contribution in [3.05, 3.63) is 63.6 Å². The molecule has 0 bridgehead atoms. The normalized spacial score (nSPS) is 12.4. The van der Waals surface area contributed by atoms with Gasteiger partial charge in [0, 0.05) is 27.1 Å². The molecular formula is C16H16Cl2OS. The highest BCUT2D eigenvalue weighted by atomic mass is 35.5. The third-order valence-electron chi connectivity index (χ3n) is 2.92. The molecule has 0 aliphatic heterocycles. The first kappa shape index (κ1) is 15.7. The van der Waals surface area contributed by atoms with E-state index in [0.29, 0.717) is 12.2 Å². The van der Waals surface area contributed by atoms with E-state index in [1.54, 1.807) is 11.8 Å².